The molecule has 2 rings (SSSR count). The van der Waals surface area contributed by atoms with E-state index < -0.39 is 17.4 Å². The SMILES string of the molecule is O=C(Cc1ccc(F)cc1Br)c1ncccc1F. The Morgan fingerprint density at radius 1 is 1.28 bits per heavy atom. The Labute approximate surface area is 111 Å². The molecule has 0 amide bonds. The number of nitrogens with zero attached hydrogens (tertiary/aromatic N) is 1. The van der Waals surface area contributed by atoms with Crippen molar-refractivity contribution in [3.8, 4) is 0 Å². The summed E-state index contributed by atoms with van der Waals surface area (Å²) in [6, 6.07) is 6.59. The molecule has 0 aliphatic carbocycles. The molecule has 5 heteroatoms. The summed E-state index contributed by atoms with van der Waals surface area (Å²) in [5.41, 5.74) is 0.389. The van der Waals surface area contributed by atoms with Crippen molar-refractivity contribution >= 4 is 21.7 Å². The number of carbonyl (C=O) groups is 1. The maximum Gasteiger partial charge on any atom is 0.188 e. The predicted octanol–water partition coefficient (Wildman–Crippen LogP) is 3.55. The summed E-state index contributed by atoms with van der Waals surface area (Å²) in [7, 11) is 0. The Balaban J connectivity index is 2.24. The minimum absolute atomic E-state index is 0.0329. The van der Waals surface area contributed by atoms with E-state index in [1.54, 1.807) is 0 Å². The van der Waals surface area contributed by atoms with E-state index >= 15 is 0 Å². The van der Waals surface area contributed by atoms with Crippen LogP contribution in [-0.2, 0) is 6.42 Å². The van der Waals surface area contributed by atoms with E-state index in [0.29, 0.717) is 10.0 Å². The Morgan fingerprint density at radius 2 is 2.06 bits per heavy atom. The van der Waals surface area contributed by atoms with Crippen molar-refractivity contribution in [1.82, 2.24) is 4.98 Å². The van der Waals surface area contributed by atoms with Crippen LogP contribution in [0.2, 0.25) is 0 Å². The topological polar surface area (TPSA) is 30.0 Å². The summed E-state index contributed by atoms with van der Waals surface area (Å²) in [5.74, 6) is -1.50. The van der Waals surface area contributed by atoms with Crippen molar-refractivity contribution in [2.45, 2.75) is 6.42 Å². The molecular formula is C13H8BrF2NO. The first-order valence-corrected chi connectivity index (χ1v) is 5.95. The van der Waals surface area contributed by atoms with Crippen molar-refractivity contribution < 1.29 is 13.6 Å². The van der Waals surface area contributed by atoms with Crippen LogP contribution in [0.25, 0.3) is 0 Å². The standard InChI is InChI=1S/C13H8BrF2NO/c14-10-7-9(15)4-3-8(10)6-12(18)13-11(16)2-1-5-17-13/h1-5,7H,6H2. The number of hydrogen-bond acceptors (Lipinski definition) is 2. The fourth-order valence-corrected chi connectivity index (χ4v) is 2.00. The molecule has 0 aliphatic heterocycles. The van der Waals surface area contributed by atoms with Crippen molar-refractivity contribution in [2.24, 2.45) is 0 Å². The maximum atomic E-state index is 13.4. The lowest BCUT2D eigenvalue weighted by atomic mass is 10.1. The number of carbonyl (C=O) groups excluding carboxylic acids is 1. The van der Waals surface area contributed by atoms with Gasteiger partial charge < -0.3 is 0 Å². The van der Waals surface area contributed by atoms with Gasteiger partial charge in [0.25, 0.3) is 0 Å². The number of hydrogen-bond donors (Lipinski definition) is 0. The lowest BCUT2D eigenvalue weighted by Gasteiger charge is -2.04. The first kappa shape index (κ1) is 12.8. The quantitative estimate of drug-likeness (QED) is 0.811. The third-order valence-electron chi connectivity index (χ3n) is 2.39. The average molecular weight is 312 g/mol. The summed E-state index contributed by atoms with van der Waals surface area (Å²) in [4.78, 5) is 15.6. The summed E-state index contributed by atoms with van der Waals surface area (Å²) < 4.78 is 26.7. The monoisotopic (exact) mass is 311 g/mol. The first-order valence-electron chi connectivity index (χ1n) is 5.15. The molecule has 1 heterocycles. The second kappa shape index (κ2) is 5.35. The molecule has 0 radical (unpaired) electrons. The molecule has 2 nitrogen and oxygen atoms in total. The molecule has 92 valence electrons. The summed E-state index contributed by atoms with van der Waals surface area (Å²) in [6.45, 7) is 0. The highest BCUT2D eigenvalue weighted by Gasteiger charge is 2.14. The summed E-state index contributed by atoms with van der Waals surface area (Å²) in [5, 5.41) is 0. The smallest absolute Gasteiger partial charge is 0.188 e. The van der Waals surface area contributed by atoms with E-state index in [1.807, 2.05) is 0 Å². The van der Waals surface area contributed by atoms with Crippen LogP contribution >= 0.6 is 15.9 Å². The number of rotatable bonds is 3. The van der Waals surface area contributed by atoms with Crippen LogP contribution in [0.4, 0.5) is 8.78 Å². The fraction of sp³-hybridized carbons (Fsp3) is 0.0769. The normalized spacial score (nSPS) is 10.4. The fourth-order valence-electron chi connectivity index (χ4n) is 1.51. The third kappa shape index (κ3) is 2.79. The second-order valence-corrected chi connectivity index (χ2v) is 4.52. The van der Waals surface area contributed by atoms with Crippen molar-refractivity contribution in [1.29, 1.82) is 0 Å². The number of Topliss-reactive ketones (excluding diaryl/α,β-unsaturated/α-hetero) is 1. The van der Waals surface area contributed by atoms with Gasteiger partial charge in [0.1, 0.15) is 11.5 Å². The molecule has 0 unspecified atom stereocenters. The van der Waals surface area contributed by atoms with Gasteiger partial charge in [0.15, 0.2) is 11.6 Å². The Bertz CT molecular complexity index is 601. The van der Waals surface area contributed by atoms with Gasteiger partial charge in [-0.25, -0.2) is 8.78 Å². The van der Waals surface area contributed by atoms with Crippen LogP contribution in [0, 0.1) is 11.6 Å². The molecule has 0 N–H and O–H groups in total. The van der Waals surface area contributed by atoms with E-state index in [0.717, 1.165) is 0 Å². The molecule has 1 aromatic heterocycles. The van der Waals surface area contributed by atoms with Crippen molar-refractivity contribution in [3.63, 3.8) is 0 Å². The molecule has 0 saturated heterocycles. The van der Waals surface area contributed by atoms with Gasteiger partial charge in [0.05, 0.1) is 0 Å². The Hall–Kier alpha value is -1.62. The molecule has 2 aromatic rings. The predicted molar refractivity (Wildman–Crippen MR) is 66.3 cm³/mol. The van der Waals surface area contributed by atoms with Crippen LogP contribution in [0.3, 0.4) is 0 Å². The Kier molecular flexibility index (Phi) is 3.81. The van der Waals surface area contributed by atoms with Crippen LogP contribution < -0.4 is 0 Å². The second-order valence-electron chi connectivity index (χ2n) is 3.67. The molecule has 0 spiro atoms. The number of ketones is 1. The number of pyridine rings is 1. The average Bonchev–Trinajstić information content (AvgIpc) is 2.33. The van der Waals surface area contributed by atoms with E-state index in [4.69, 9.17) is 0 Å². The van der Waals surface area contributed by atoms with Gasteiger partial charge in [0.2, 0.25) is 0 Å². The maximum absolute atomic E-state index is 13.4. The van der Waals surface area contributed by atoms with Gasteiger partial charge in [-0.1, -0.05) is 22.0 Å². The van der Waals surface area contributed by atoms with Crippen LogP contribution in [0.15, 0.2) is 41.0 Å². The van der Waals surface area contributed by atoms with Gasteiger partial charge in [-0.2, -0.15) is 0 Å². The molecular weight excluding hydrogens is 304 g/mol. The number of halogens is 3. The van der Waals surface area contributed by atoms with E-state index in [-0.39, 0.29) is 12.1 Å². The van der Waals surface area contributed by atoms with E-state index in [1.165, 1.54) is 36.5 Å². The van der Waals surface area contributed by atoms with Crippen LogP contribution in [0.1, 0.15) is 16.1 Å². The van der Waals surface area contributed by atoms with Crippen LogP contribution in [-0.4, -0.2) is 10.8 Å². The van der Waals surface area contributed by atoms with Gasteiger partial charge in [-0.05, 0) is 29.8 Å². The largest absolute Gasteiger partial charge is 0.292 e. The van der Waals surface area contributed by atoms with Gasteiger partial charge in [-0.15, -0.1) is 0 Å². The van der Waals surface area contributed by atoms with Gasteiger partial charge >= 0.3 is 0 Å². The van der Waals surface area contributed by atoms with Crippen molar-refractivity contribution in [2.75, 3.05) is 0 Å². The highest BCUT2D eigenvalue weighted by molar-refractivity contribution is 9.10. The lowest BCUT2D eigenvalue weighted by molar-refractivity contribution is 0.0983. The molecule has 0 fully saturated rings. The zero-order valence-corrected chi connectivity index (χ0v) is 10.7. The number of aromatic nitrogens is 1. The van der Waals surface area contributed by atoms with E-state index in [9.17, 15) is 13.6 Å². The molecule has 0 aliphatic rings. The van der Waals surface area contributed by atoms with E-state index in [2.05, 4.69) is 20.9 Å². The van der Waals surface area contributed by atoms with Crippen molar-refractivity contribution in [3.05, 3.63) is 63.9 Å². The first-order chi connectivity index (χ1) is 8.58. The number of benzene rings is 1. The highest BCUT2D eigenvalue weighted by atomic mass is 79.9. The summed E-state index contributed by atoms with van der Waals surface area (Å²) in [6.07, 6.45) is 1.32. The minimum Gasteiger partial charge on any atom is -0.292 e. The zero-order chi connectivity index (χ0) is 13.1. The third-order valence-corrected chi connectivity index (χ3v) is 3.13. The van der Waals surface area contributed by atoms with Crippen LogP contribution in [0.5, 0.6) is 0 Å². The lowest BCUT2D eigenvalue weighted by Crippen LogP contribution is -2.09. The van der Waals surface area contributed by atoms with Gasteiger partial charge in [-0.3, -0.25) is 9.78 Å². The molecule has 0 atom stereocenters. The highest BCUT2D eigenvalue weighted by Crippen LogP contribution is 2.20. The summed E-state index contributed by atoms with van der Waals surface area (Å²) >= 11 is 3.16. The molecule has 0 bridgehead atoms. The zero-order valence-electron chi connectivity index (χ0n) is 9.16. The molecule has 18 heavy (non-hydrogen) atoms. The minimum atomic E-state index is -0.652. The molecule has 0 saturated carbocycles. The Morgan fingerprint density at radius 3 is 2.72 bits per heavy atom. The molecule has 1 aromatic carbocycles. The van der Waals surface area contributed by atoms with Gasteiger partial charge in [0, 0.05) is 17.1 Å².